The van der Waals surface area contributed by atoms with E-state index in [0.29, 0.717) is 17.3 Å². The number of nitrogen functional groups attached to an aromatic ring is 1. The number of carbonyl (C=O) groups is 1. The Morgan fingerprint density at radius 2 is 2.03 bits per heavy atom. The topological polar surface area (TPSA) is 139 Å². The third kappa shape index (κ3) is 4.26. The van der Waals surface area contributed by atoms with Crippen molar-refractivity contribution in [3.63, 3.8) is 0 Å². The Morgan fingerprint density at radius 3 is 2.74 bits per heavy atom. The van der Waals surface area contributed by atoms with Crippen molar-refractivity contribution in [1.29, 1.82) is 5.26 Å². The summed E-state index contributed by atoms with van der Waals surface area (Å²) in [4.78, 5) is 19.3. The van der Waals surface area contributed by atoms with Gasteiger partial charge in [-0.2, -0.15) is 10.4 Å². The lowest BCUT2D eigenvalue weighted by Gasteiger charge is -2.38. The van der Waals surface area contributed by atoms with Crippen LogP contribution in [0.3, 0.4) is 0 Å². The molecule has 0 amide bonds. The van der Waals surface area contributed by atoms with Crippen LogP contribution in [0.4, 0.5) is 5.82 Å². The monoisotopic (exact) mass is 482 g/mol. The number of aliphatic hydroxyl groups excluding tert-OH is 1. The maximum atomic E-state index is 12.8. The van der Waals surface area contributed by atoms with E-state index in [1.165, 1.54) is 42.9 Å². The summed E-state index contributed by atoms with van der Waals surface area (Å²) < 4.78 is 13.3. The standard InChI is InChI=1S/C25H34N6O4/c1-16-22(32)20(35-25(16,14-26)21-8-7-19-23(27)28-15-29-31(19)21)13-34-24(33)17-9-11-30(12-10-17)18-5-3-2-4-6-18/h7-8,15-18,20,22,32H,2-6,9-13H2,1H3,(H2,27,28,29)/t16-,20-,22+,25-/m1/s1. The van der Waals surface area contributed by atoms with Crippen LogP contribution in [0.5, 0.6) is 0 Å². The Hall–Kier alpha value is -2.74. The number of esters is 1. The molecule has 3 aliphatic rings. The lowest BCUT2D eigenvalue weighted by atomic mass is 9.85. The van der Waals surface area contributed by atoms with E-state index in [1.54, 1.807) is 19.1 Å². The molecule has 3 N–H and O–H groups in total. The highest BCUT2D eigenvalue weighted by atomic mass is 16.6. The minimum Gasteiger partial charge on any atom is -0.463 e. The van der Waals surface area contributed by atoms with E-state index in [-0.39, 0.29) is 24.3 Å². The zero-order chi connectivity index (χ0) is 24.6. The normalized spacial score (nSPS) is 30.9. The third-order valence-corrected chi connectivity index (χ3v) is 8.24. The molecule has 1 aliphatic carbocycles. The number of likely N-dealkylation sites (tertiary alicyclic amines) is 1. The molecule has 188 valence electrons. The maximum absolute atomic E-state index is 12.8. The van der Waals surface area contributed by atoms with Crippen molar-refractivity contribution >= 4 is 17.3 Å². The van der Waals surface area contributed by atoms with Crippen molar-refractivity contribution in [2.75, 3.05) is 25.4 Å². The zero-order valence-corrected chi connectivity index (χ0v) is 20.2. The molecule has 2 aromatic rings. The first-order valence-corrected chi connectivity index (χ1v) is 12.7. The fourth-order valence-electron chi connectivity index (χ4n) is 6.05. The molecular formula is C25H34N6O4. The van der Waals surface area contributed by atoms with E-state index in [0.717, 1.165) is 25.9 Å². The van der Waals surface area contributed by atoms with Gasteiger partial charge in [-0.05, 0) is 50.9 Å². The van der Waals surface area contributed by atoms with Gasteiger partial charge in [-0.3, -0.25) is 4.79 Å². The zero-order valence-electron chi connectivity index (χ0n) is 20.2. The van der Waals surface area contributed by atoms with E-state index >= 15 is 0 Å². The van der Waals surface area contributed by atoms with Crippen LogP contribution in [0.15, 0.2) is 18.5 Å². The maximum Gasteiger partial charge on any atom is 0.309 e. The van der Waals surface area contributed by atoms with Crippen molar-refractivity contribution in [2.45, 2.75) is 75.7 Å². The van der Waals surface area contributed by atoms with E-state index in [1.807, 2.05) is 0 Å². The highest BCUT2D eigenvalue weighted by Crippen LogP contribution is 2.44. The van der Waals surface area contributed by atoms with Crippen LogP contribution in [0.2, 0.25) is 0 Å². The van der Waals surface area contributed by atoms with Crippen LogP contribution in [-0.4, -0.2) is 68.5 Å². The summed E-state index contributed by atoms with van der Waals surface area (Å²) in [6.45, 7) is 3.50. The van der Waals surface area contributed by atoms with Gasteiger partial charge in [-0.15, -0.1) is 0 Å². The molecule has 0 aromatic carbocycles. The molecule has 2 aliphatic heterocycles. The lowest BCUT2D eigenvalue weighted by Crippen LogP contribution is -2.44. The molecular weight excluding hydrogens is 448 g/mol. The Morgan fingerprint density at radius 1 is 1.29 bits per heavy atom. The van der Waals surface area contributed by atoms with Crippen molar-refractivity contribution < 1.29 is 19.4 Å². The lowest BCUT2D eigenvalue weighted by molar-refractivity contribution is -0.157. The number of nitrogens with two attached hydrogens (primary N) is 1. The van der Waals surface area contributed by atoms with Crippen molar-refractivity contribution in [3.05, 3.63) is 24.2 Å². The van der Waals surface area contributed by atoms with Crippen molar-refractivity contribution in [2.24, 2.45) is 11.8 Å². The highest BCUT2D eigenvalue weighted by molar-refractivity contribution is 5.72. The smallest absolute Gasteiger partial charge is 0.309 e. The molecule has 4 atom stereocenters. The molecule has 0 bridgehead atoms. The van der Waals surface area contributed by atoms with Crippen LogP contribution in [0, 0.1) is 23.2 Å². The second-order valence-corrected chi connectivity index (χ2v) is 10.2. The second kappa shape index (κ2) is 9.72. The first-order chi connectivity index (χ1) is 16.9. The van der Waals surface area contributed by atoms with Gasteiger partial charge in [-0.1, -0.05) is 26.2 Å². The summed E-state index contributed by atoms with van der Waals surface area (Å²) in [5.41, 5.74) is 5.49. The van der Waals surface area contributed by atoms with Crippen LogP contribution in [-0.2, 0) is 19.9 Å². The van der Waals surface area contributed by atoms with Crippen LogP contribution in [0.25, 0.3) is 5.52 Å². The van der Waals surface area contributed by atoms with Crippen LogP contribution < -0.4 is 5.73 Å². The van der Waals surface area contributed by atoms with Gasteiger partial charge in [0.25, 0.3) is 0 Å². The number of nitrogens with zero attached hydrogens (tertiary/aromatic N) is 5. The largest absolute Gasteiger partial charge is 0.463 e. The number of fused-ring (bicyclic) bond motifs is 1. The predicted octanol–water partition coefficient (Wildman–Crippen LogP) is 2.01. The number of hydrogen-bond donors (Lipinski definition) is 2. The molecule has 0 spiro atoms. The number of rotatable bonds is 5. The van der Waals surface area contributed by atoms with Gasteiger partial charge in [0.2, 0.25) is 5.60 Å². The number of aliphatic hydroxyl groups is 1. The summed E-state index contributed by atoms with van der Waals surface area (Å²) in [7, 11) is 0. The van der Waals surface area contributed by atoms with Gasteiger partial charge in [-0.25, -0.2) is 9.50 Å². The van der Waals surface area contributed by atoms with Gasteiger partial charge in [0.1, 0.15) is 30.6 Å². The molecule has 0 unspecified atom stereocenters. The van der Waals surface area contributed by atoms with Crippen LogP contribution in [0.1, 0.15) is 57.6 Å². The molecule has 5 rings (SSSR count). The molecule has 0 radical (unpaired) electrons. The molecule has 10 nitrogen and oxygen atoms in total. The Kier molecular flexibility index (Phi) is 6.66. The molecule has 1 saturated carbocycles. The number of hydrogen-bond acceptors (Lipinski definition) is 9. The Balaban J connectivity index is 1.22. The van der Waals surface area contributed by atoms with E-state index in [9.17, 15) is 15.2 Å². The molecule has 4 heterocycles. The number of aromatic nitrogens is 3. The number of ether oxygens (including phenoxy) is 2. The van der Waals surface area contributed by atoms with Crippen molar-refractivity contribution in [1.82, 2.24) is 19.5 Å². The summed E-state index contributed by atoms with van der Waals surface area (Å²) in [6, 6.07) is 6.33. The minimum absolute atomic E-state index is 0.100. The molecule has 3 fully saturated rings. The molecule has 2 aromatic heterocycles. The van der Waals surface area contributed by atoms with Crippen molar-refractivity contribution in [3.8, 4) is 6.07 Å². The molecule has 10 heteroatoms. The molecule has 2 saturated heterocycles. The van der Waals surface area contributed by atoms with Gasteiger partial charge in [0.15, 0.2) is 5.82 Å². The number of anilines is 1. The second-order valence-electron chi connectivity index (χ2n) is 10.2. The summed E-state index contributed by atoms with van der Waals surface area (Å²) >= 11 is 0. The highest BCUT2D eigenvalue weighted by Gasteiger charge is 2.56. The SMILES string of the molecule is C[C@@H]1[C@H](O)[C@@H](COC(=O)C2CCN(C3CCCCC3)CC2)O[C@@]1(C#N)c1ccc2c(N)ncnn12. The number of nitriles is 1. The van der Waals surface area contributed by atoms with Gasteiger partial charge >= 0.3 is 5.97 Å². The Bertz CT molecular complexity index is 1100. The van der Waals surface area contributed by atoms with E-state index < -0.39 is 23.7 Å². The van der Waals surface area contributed by atoms with E-state index in [2.05, 4.69) is 21.1 Å². The Labute approximate surface area is 205 Å². The summed E-state index contributed by atoms with van der Waals surface area (Å²) in [6.07, 6.45) is 7.56. The summed E-state index contributed by atoms with van der Waals surface area (Å²) in [5, 5.41) is 25.3. The van der Waals surface area contributed by atoms with Gasteiger partial charge in [0, 0.05) is 12.0 Å². The number of piperidine rings is 1. The fourth-order valence-corrected chi connectivity index (χ4v) is 6.05. The predicted molar refractivity (Wildman–Crippen MR) is 127 cm³/mol. The fraction of sp³-hybridized carbons (Fsp3) is 0.680. The van der Waals surface area contributed by atoms with Gasteiger partial charge in [0.05, 0.1) is 17.7 Å². The quantitative estimate of drug-likeness (QED) is 0.613. The number of carbonyl (C=O) groups excluding carboxylic acids is 1. The van der Waals surface area contributed by atoms with E-state index in [4.69, 9.17) is 15.2 Å². The average Bonchev–Trinajstić information content (AvgIpc) is 3.44. The first kappa shape index (κ1) is 24.0. The van der Waals surface area contributed by atoms with Gasteiger partial charge < -0.3 is 25.2 Å². The first-order valence-electron chi connectivity index (χ1n) is 12.7. The van der Waals surface area contributed by atoms with Crippen LogP contribution >= 0.6 is 0 Å². The summed E-state index contributed by atoms with van der Waals surface area (Å²) in [5.74, 6) is -0.685. The third-order valence-electron chi connectivity index (χ3n) is 8.24. The average molecular weight is 483 g/mol. The molecule has 35 heavy (non-hydrogen) atoms. The minimum atomic E-state index is -1.46.